The molecule has 0 spiro atoms. The van der Waals surface area contributed by atoms with E-state index in [1.54, 1.807) is 0 Å². The van der Waals surface area contributed by atoms with Crippen molar-refractivity contribution in [2.45, 2.75) is 25.5 Å². The van der Waals surface area contributed by atoms with Crippen LogP contribution in [0.15, 0.2) is 0 Å². The van der Waals surface area contributed by atoms with Gasteiger partial charge in [-0.15, -0.1) is 0 Å². The average Bonchev–Trinajstić information content (AvgIpc) is 2.13. The molecule has 1 aliphatic rings. The molecule has 0 amide bonds. The van der Waals surface area contributed by atoms with Crippen molar-refractivity contribution in [3.05, 3.63) is 0 Å². The highest BCUT2D eigenvalue weighted by atomic mass is 16.5. The van der Waals surface area contributed by atoms with Gasteiger partial charge in [-0.25, -0.2) is 0 Å². The number of ether oxygens (including phenoxy) is 1. The predicted octanol–water partition coefficient (Wildman–Crippen LogP) is -0.637. The van der Waals surface area contributed by atoms with Gasteiger partial charge in [-0.2, -0.15) is 0 Å². The maximum Gasteiger partial charge on any atom is 0.139 e. The second kappa shape index (κ2) is 2.71. The third-order valence-corrected chi connectivity index (χ3v) is 2.05. The summed E-state index contributed by atoms with van der Waals surface area (Å²) in [4.78, 5) is 0. The first kappa shape index (κ1) is 7.10. The summed E-state index contributed by atoms with van der Waals surface area (Å²) in [6, 6.07) is 0.335. The smallest absolute Gasteiger partial charge is 0.139 e. The molecule has 1 rings (SSSR count). The fourth-order valence-electron chi connectivity index (χ4n) is 1.22. The summed E-state index contributed by atoms with van der Waals surface area (Å²) in [5, 5.41) is 8.68. The Bertz CT molecular complexity index is 87.1. The summed E-state index contributed by atoms with van der Waals surface area (Å²) in [7, 11) is 2.06. The van der Waals surface area contributed by atoms with Crippen molar-refractivity contribution in [1.29, 1.82) is 0 Å². The highest BCUT2D eigenvalue weighted by molar-refractivity contribution is 6.11. The lowest BCUT2D eigenvalue weighted by molar-refractivity contribution is 0.0405. The van der Waals surface area contributed by atoms with E-state index in [1.165, 1.54) is 0 Å². The minimum Gasteiger partial charge on any atom is -0.394 e. The standard InChI is InChI=1S/C6H13BO2/c1-4-2-5(3-8)9-6(4)7/h4-6,8H,2-3,7H2,1H3/t4-,5+,6-/m1/s1. The molecule has 0 saturated carbocycles. The van der Waals surface area contributed by atoms with Crippen LogP contribution in [0.5, 0.6) is 0 Å². The van der Waals surface area contributed by atoms with Crippen LogP contribution in [-0.2, 0) is 4.74 Å². The summed E-state index contributed by atoms with van der Waals surface area (Å²) in [5.74, 6) is 0.613. The first-order valence-electron chi connectivity index (χ1n) is 3.50. The van der Waals surface area contributed by atoms with Gasteiger partial charge in [-0.3, -0.25) is 0 Å². The van der Waals surface area contributed by atoms with E-state index in [0.717, 1.165) is 6.42 Å². The number of aliphatic hydroxyl groups excluding tert-OH is 1. The third kappa shape index (κ3) is 1.46. The lowest BCUT2D eigenvalue weighted by atomic mass is 9.88. The van der Waals surface area contributed by atoms with Crippen molar-refractivity contribution < 1.29 is 9.84 Å². The zero-order valence-electron chi connectivity index (χ0n) is 6.00. The van der Waals surface area contributed by atoms with E-state index >= 15 is 0 Å². The average molecular weight is 128 g/mol. The molecule has 2 nitrogen and oxygen atoms in total. The van der Waals surface area contributed by atoms with E-state index in [9.17, 15) is 0 Å². The summed E-state index contributed by atoms with van der Waals surface area (Å²) in [5.41, 5.74) is 0. The fraction of sp³-hybridized carbons (Fsp3) is 1.00. The molecule has 9 heavy (non-hydrogen) atoms. The first-order valence-corrected chi connectivity index (χ1v) is 3.50. The molecule has 1 heterocycles. The molecule has 3 heteroatoms. The zero-order valence-corrected chi connectivity index (χ0v) is 6.00. The van der Waals surface area contributed by atoms with Gasteiger partial charge < -0.3 is 9.84 Å². The molecular formula is C6H13BO2. The maximum absolute atomic E-state index is 8.68. The van der Waals surface area contributed by atoms with Gasteiger partial charge in [0.1, 0.15) is 7.85 Å². The summed E-state index contributed by atoms with van der Waals surface area (Å²) in [6.07, 6.45) is 1.12. The zero-order chi connectivity index (χ0) is 6.85. The second-order valence-corrected chi connectivity index (χ2v) is 2.86. The molecule has 0 aromatic rings. The SMILES string of the molecule is B[C@@H]1O[C@H](CO)C[C@H]1C. The number of hydrogen-bond acceptors (Lipinski definition) is 2. The van der Waals surface area contributed by atoms with Crippen LogP contribution in [0.3, 0.4) is 0 Å². The van der Waals surface area contributed by atoms with Crippen molar-refractivity contribution in [2.24, 2.45) is 5.92 Å². The lowest BCUT2D eigenvalue weighted by Gasteiger charge is -2.06. The summed E-state index contributed by atoms with van der Waals surface area (Å²) >= 11 is 0. The molecule has 1 fully saturated rings. The van der Waals surface area contributed by atoms with E-state index in [-0.39, 0.29) is 12.7 Å². The van der Waals surface area contributed by atoms with Crippen LogP contribution < -0.4 is 0 Å². The molecule has 3 atom stereocenters. The van der Waals surface area contributed by atoms with Crippen LogP contribution in [0.1, 0.15) is 13.3 Å². The van der Waals surface area contributed by atoms with Crippen molar-refractivity contribution >= 4 is 7.85 Å². The van der Waals surface area contributed by atoms with Crippen molar-refractivity contribution in [1.82, 2.24) is 0 Å². The Morgan fingerprint density at radius 1 is 1.78 bits per heavy atom. The summed E-state index contributed by atoms with van der Waals surface area (Å²) in [6.45, 7) is 2.33. The maximum atomic E-state index is 8.68. The van der Waals surface area contributed by atoms with Crippen LogP contribution in [0.4, 0.5) is 0 Å². The number of hydrogen-bond donors (Lipinski definition) is 1. The van der Waals surface area contributed by atoms with E-state index in [2.05, 4.69) is 14.8 Å². The Kier molecular flexibility index (Phi) is 2.14. The third-order valence-electron chi connectivity index (χ3n) is 2.05. The van der Waals surface area contributed by atoms with E-state index < -0.39 is 0 Å². The molecule has 0 aromatic carbocycles. The highest BCUT2D eigenvalue weighted by Crippen LogP contribution is 2.23. The van der Waals surface area contributed by atoms with Crippen molar-refractivity contribution in [2.75, 3.05) is 6.61 Å². The van der Waals surface area contributed by atoms with Crippen LogP contribution in [0, 0.1) is 5.92 Å². The summed E-state index contributed by atoms with van der Waals surface area (Å²) < 4.78 is 5.37. The quantitative estimate of drug-likeness (QED) is 0.476. The van der Waals surface area contributed by atoms with Gasteiger partial charge in [0.05, 0.1) is 12.7 Å². The van der Waals surface area contributed by atoms with Crippen LogP contribution in [-0.4, -0.2) is 31.7 Å². The predicted molar refractivity (Wildman–Crippen MR) is 38.1 cm³/mol. The second-order valence-electron chi connectivity index (χ2n) is 2.86. The van der Waals surface area contributed by atoms with Crippen LogP contribution in [0.25, 0.3) is 0 Å². The van der Waals surface area contributed by atoms with Crippen LogP contribution in [0.2, 0.25) is 0 Å². The molecule has 1 aliphatic heterocycles. The van der Waals surface area contributed by atoms with Crippen molar-refractivity contribution in [3.63, 3.8) is 0 Å². The topological polar surface area (TPSA) is 29.5 Å². The minimum absolute atomic E-state index is 0.106. The highest BCUT2D eigenvalue weighted by Gasteiger charge is 2.27. The molecule has 0 bridgehead atoms. The molecule has 52 valence electrons. The molecule has 1 N–H and O–H groups in total. The lowest BCUT2D eigenvalue weighted by Crippen LogP contribution is -2.15. The van der Waals surface area contributed by atoms with Gasteiger partial charge in [0.25, 0.3) is 0 Å². The molecular weight excluding hydrogens is 115 g/mol. The molecule has 0 radical (unpaired) electrons. The monoisotopic (exact) mass is 128 g/mol. The molecule has 1 saturated heterocycles. The Balaban J connectivity index is 2.35. The van der Waals surface area contributed by atoms with E-state index in [0.29, 0.717) is 11.9 Å². The molecule has 0 unspecified atom stereocenters. The van der Waals surface area contributed by atoms with Crippen molar-refractivity contribution in [3.8, 4) is 0 Å². The fourth-order valence-corrected chi connectivity index (χ4v) is 1.22. The Morgan fingerprint density at radius 3 is 2.67 bits per heavy atom. The van der Waals surface area contributed by atoms with Gasteiger partial charge in [0.15, 0.2) is 0 Å². The van der Waals surface area contributed by atoms with Gasteiger partial charge in [-0.05, 0) is 12.3 Å². The largest absolute Gasteiger partial charge is 0.394 e. The van der Waals surface area contributed by atoms with E-state index in [4.69, 9.17) is 9.84 Å². The van der Waals surface area contributed by atoms with Gasteiger partial charge in [-0.1, -0.05) is 6.92 Å². The van der Waals surface area contributed by atoms with Gasteiger partial charge in [0.2, 0.25) is 0 Å². The normalized spacial score (nSPS) is 43.6. The number of aliphatic hydroxyl groups is 1. The first-order chi connectivity index (χ1) is 4.24. The van der Waals surface area contributed by atoms with E-state index in [1.807, 2.05) is 0 Å². The molecule has 0 aromatic heterocycles. The Morgan fingerprint density at radius 2 is 2.44 bits per heavy atom. The molecule has 0 aliphatic carbocycles. The Labute approximate surface area is 56.6 Å². The van der Waals surface area contributed by atoms with Gasteiger partial charge in [0, 0.05) is 6.00 Å². The Hall–Kier alpha value is -0.0151. The minimum atomic E-state index is 0.106. The van der Waals surface area contributed by atoms with Gasteiger partial charge >= 0.3 is 0 Å². The van der Waals surface area contributed by atoms with Crippen LogP contribution >= 0.6 is 0 Å². The number of rotatable bonds is 1.